The van der Waals surface area contributed by atoms with Gasteiger partial charge in [-0.05, 0) is 13.8 Å². The van der Waals surface area contributed by atoms with Gasteiger partial charge in [0.2, 0.25) is 5.82 Å². The van der Waals surface area contributed by atoms with E-state index in [-0.39, 0.29) is 18.1 Å². The zero-order chi connectivity index (χ0) is 12.4. The van der Waals surface area contributed by atoms with Gasteiger partial charge in [0.1, 0.15) is 5.82 Å². The van der Waals surface area contributed by atoms with Crippen LogP contribution in [0.2, 0.25) is 0 Å². The Kier molecular flexibility index (Phi) is 3.06. The fourth-order valence-corrected chi connectivity index (χ4v) is 1.66. The first-order valence-electron chi connectivity index (χ1n) is 5.45. The van der Waals surface area contributed by atoms with E-state index in [1.165, 1.54) is 0 Å². The van der Waals surface area contributed by atoms with Gasteiger partial charge < -0.3 is 10.3 Å². The average Bonchev–Trinajstić information content (AvgIpc) is 2.76. The minimum atomic E-state index is -0.143. The van der Waals surface area contributed by atoms with Crippen LogP contribution in [0, 0.1) is 0 Å². The van der Waals surface area contributed by atoms with Gasteiger partial charge in [-0.15, -0.1) is 0 Å². The second-order valence-corrected chi connectivity index (χ2v) is 3.97. The van der Waals surface area contributed by atoms with E-state index in [4.69, 9.17) is 5.73 Å². The van der Waals surface area contributed by atoms with Gasteiger partial charge in [0.25, 0.3) is 5.56 Å². The SMILES string of the molecule is CC(C)n1ccnc(-n2ccnc2CN)c1=O. The Morgan fingerprint density at radius 2 is 2.00 bits per heavy atom. The number of nitrogens with zero attached hydrogens (tertiary/aromatic N) is 4. The molecule has 0 unspecified atom stereocenters. The van der Waals surface area contributed by atoms with Crippen LogP contribution in [0.5, 0.6) is 0 Å². The maximum Gasteiger partial charge on any atom is 0.294 e. The lowest BCUT2D eigenvalue weighted by atomic mass is 10.4. The largest absolute Gasteiger partial charge is 0.324 e. The normalized spacial score (nSPS) is 11.1. The lowest BCUT2D eigenvalue weighted by Crippen LogP contribution is -2.27. The molecule has 0 aliphatic heterocycles. The molecule has 6 heteroatoms. The summed E-state index contributed by atoms with van der Waals surface area (Å²) in [6.45, 7) is 4.16. The summed E-state index contributed by atoms with van der Waals surface area (Å²) in [5.74, 6) is 0.954. The zero-order valence-corrected chi connectivity index (χ0v) is 9.87. The van der Waals surface area contributed by atoms with Crippen molar-refractivity contribution >= 4 is 0 Å². The lowest BCUT2D eigenvalue weighted by Gasteiger charge is -2.11. The number of rotatable bonds is 3. The molecule has 0 atom stereocenters. The van der Waals surface area contributed by atoms with E-state index in [2.05, 4.69) is 9.97 Å². The molecule has 0 bridgehead atoms. The van der Waals surface area contributed by atoms with Gasteiger partial charge >= 0.3 is 0 Å². The highest BCUT2D eigenvalue weighted by Gasteiger charge is 2.11. The Bertz CT molecular complexity index is 569. The second kappa shape index (κ2) is 4.50. The first-order chi connectivity index (χ1) is 8.15. The first-order valence-corrected chi connectivity index (χ1v) is 5.45. The molecule has 0 amide bonds. The molecule has 0 aliphatic carbocycles. The molecule has 2 heterocycles. The number of hydrogen-bond acceptors (Lipinski definition) is 4. The summed E-state index contributed by atoms with van der Waals surface area (Å²) in [4.78, 5) is 20.4. The van der Waals surface area contributed by atoms with Crippen LogP contribution in [0.4, 0.5) is 0 Å². The van der Waals surface area contributed by atoms with Crippen LogP contribution in [0.25, 0.3) is 5.82 Å². The molecular formula is C11H15N5O. The Morgan fingerprint density at radius 3 is 2.65 bits per heavy atom. The summed E-state index contributed by atoms with van der Waals surface area (Å²) in [5.41, 5.74) is 5.42. The van der Waals surface area contributed by atoms with Crippen molar-refractivity contribution in [3.63, 3.8) is 0 Å². The summed E-state index contributed by atoms with van der Waals surface area (Å²) in [6.07, 6.45) is 6.58. The molecule has 0 spiro atoms. The lowest BCUT2D eigenvalue weighted by molar-refractivity contribution is 0.569. The summed E-state index contributed by atoms with van der Waals surface area (Å²) < 4.78 is 3.25. The Hall–Kier alpha value is -1.95. The van der Waals surface area contributed by atoms with Gasteiger partial charge in [-0.1, -0.05) is 0 Å². The standard InChI is InChI=1S/C11H15N5O/c1-8(2)15-5-4-14-10(11(15)17)16-6-3-13-9(16)7-12/h3-6,8H,7,12H2,1-2H3. The highest BCUT2D eigenvalue weighted by Crippen LogP contribution is 2.05. The van der Waals surface area contributed by atoms with Crippen LogP contribution in [0.15, 0.2) is 29.6 Å². The molecule has 0 fully saturated rings. The van der Waals surface area contributed by atoms with Crippen molar-refractivity contribution in [2.45, 2.75) is 26.4 Å². The van der Waals surface area contributed by atoms with E-state index < -0.39 is 0 Å². The monoisotopic (exact) mass is 233 g/mol. The fraction of sp³-hybridized carbons (Fsp3) is 0.364. The highest BCUT2D eigenvalue weighted by molar-refractivity contribution is 5.21. The highest BCUT2D eigenvalue weighted by atomic mass is 16.1. The third-order valence-electron chi connectivity index (χ3n) is 2.53. The third kappa shape index (κ3) is 1.99. The van der Waals surface area contributed by atoms with Crippen LogP contribution in [-0.4, -0.2) is 19.1 Å². The van der Waals surface area contributed by atoms with E-state index in [9.17, 15) is 4.79 Å². The number of nitrogens with two attached hydrogens (primary N) is 1. The van der Waals surface area contributed by atoms with Crippen LogP contribution in [-0.2, 0) is 6.54 Å². The van der Waals surface area contributed by atoms with Crippen LogP contribution >= 0.6 is 0 Å². The fourth-order valence-electron chi connectivity index (χ4n) is 1.66. The smallest absolute Gasteiger partial charge is 0.294 e. The molecule has 0 aliphatic rings. The summed E-state index contributed by atoms with van der Waals surface area (Å²) in [7, 11) is 0. The van der Waals surface area contributed by atoms with Gasteiger partial charge in [-0.3, -0.25) is 9.36 Å². The average molecular weight is 233 g/mol. The molecule has 0 aromatic carbocycles. The van der Waals surface area contributed by atoms with E-state index in [0.29, 0.717) is 11.6 Å². The predicted molar refractivity (Wildman–Crippen MR) is 63.9 cm³/mol. The molecule has 2 rings (SSSR count). The maximum absolute atomic E-state index is 12.2. The molecular weight excluding hydrogens is 218 g/mol. The first kappa shape index (κ1) is 11.5. The van der Waals surface area contributed by atoms with E-state index in [1.807, 2.05) is 13.8 Å². The molecule has 2 N–H and O–H groups in total. The molecule has 0 saturated carbocycles. The maximum atomic E-state index is 12.2. The third-order valence-corrected chi connectivity index (χ3v) is 2.53. The minimum absolute atomic E-state index is 0.0918. The zero-order valence-electron chi connectivity index (χ0n) is 9.87. The Balaban J connectivity index is 2.61. The minimum Gasteiger partial charge on any atom is -0.324 e. The van der Waals surface area contributed by atoms with Gasteiger partial charge in [-0.25, -0.2) is 9.97 Å². The van der Waals surface area contributed by atoms with E-state index >= 15 is 0 Å². The molecule has 0 radical (unpaired) electrons. The van der Waals surface area contributed by atoms with Crippen molar-refractivity contribution < 1.29 is 0 Å². The van der Waals surface area contributed by atoms with Crippen molar-refractivity contribution in [1.82, 2.24) is 19.1 Å². The van der Waals surface area contributed by atoms with Crippen LogP contribution in [0.3, 0.4) is 0 Å². The number of aromatic nitrogens is 4. The molecule has 2 aromatic heterocycles. The second-order valence-electron chi connectivity index (χ2n) is 3.97. The topological polar surface area (TPSA) is 78.7 Å². The quantitative estimate of drug-likeness (QED) is 0.835. The van der Waals surface area contributed by atoms with Gasteiger partial charge in [0, 0.05) is 30.8 Å². The molecule has 17 heavy (non-hydrogen) atoms. The van der Waals surface area contributed by atoms with E-state index in [1.54, 1.807) is 33.9 Å². The summed E-state index contributed by atoms with van der Waals surface area (Å²) in [6, 6.07) is 0.0918. The van der Waals surface area contributed by atoms with Crippen LogP contribution in [0.1, 0.15) is 25.7 Å². The van der Waals surface area contributed by atoms with E-state index in [0.717, 1.165) is 0 Å². The van der Waals surface area contributed by atoms with Gasteiger partial charge in [-0.2, -0.15) is 0 Å². The Labute approximate surface area is 98.7 Å². The summed E-state index contributed by atoms with van der Waals surface area (Å²) in [5, 5.41) is 0. The van der Waals surface area contributed by atoms with Gasteiger partial charge in [0.05, 0.1) is 6.54 Å². The van der Waals surface area contributed by atoms with Gasteiger partial charge in [0.15, 0.2) is 0 Å². The number of hydrogen-bond donors (Lipinski definition) is 1. The molecule has 90 valence electrons. The van der Waals surface area contributed by atoms with Crippen molar-refractivity contribution in [2.24, 2.45) is 5.73 Å². The Morgan fingerprint density at radius 1 is 1.29 bits per heavy atom. The molecule has 2 aromatic rings. The van der Waals surface area contributed by atoms with Crippen molar-refractivity contribution in [3.8, 4) is 5.82 Å². The van der Waals surface area contributed by atoms with Crippen molar-refractivity contribution in [1.29, 1.82) is 0 Å². The van der Waals surface area contributed by atoms with Crippen molar-refractivity contribution in [2.75, 3.05) is 0 Å². The molecule has 6 nitrogen and oxygen atoms in total. The number of imidazole rings is 1. The predicted octanol–water partition coefficient (Wildman–Crippen LogP) is 0.469. The van der Waals surface area contributed by atoms with Crippen LogP contribution < -0.4 is 11.3 Å². The molecule has 0 saturated heterocycles. The van der Waals surface area contributed by atoms with Crippen molar-refractivity contribution in [3.05, 3.63) is 41.0 Å². The summed E-state index contributed by atoms with van der Waals surface area (Å²) >= 11 is 0.